The van der Waals surface area contributed by atoms with E-state index in [1.165, 1.54) is 6.07 Å². The highest BCUT2D eigenvalue weighted by molar-refractivity contribution is 14.1. The zero-order valence-corrected chi connectivity index (χ0v) is 9.87. The standard InChI is InChI=1S/C9H5IN2O4/c10-6-2-4-1-5(8(13)14)3-11-7(4)12(6)9(15)16/h1-3H,(H,13,14)(H,15,16). The highest BCUT2D eigenvalue weighted by atomic mass is 127. The summed E-state index contributed by atoms with van der Waals surface area (Å²) in [4.78, 5) is 25.5. The largest absolute Gasteiger partial charge is 0.478 e. The van der Waals surface area contributed by atoms with E-state index in [9.17, 15) is 9.59 Å². The highest BCUT2D eigenvalue weighted by Gasteiger charge is 2.15. The molecule has 0 aliphatic carbocycles. The van der Waals surface area contributed by atoms with E-state index in [-0.39, 0.29) is 11.2 Å². The van der Waals surface area contributed by atoms with Gasteiger partial charge in [0.15, 0.2) is 0 Å². The van der Waals surface area contributed by atoms with Crippen LogP contribution in [0.1, 0.15) is 10.4 Å². The molecular formula is C9H5IN2O4. The fourth-order valence-electron chi connectivity index (χ4n) is 1.36. The molecule has 0 fully saturated rings. The predicted molar refractivity (Wildman–Crippen MR) is 62.8 cm³/mol. The maximum atomic E-state index is 10.9. The van der Waals surface area contributed by atoms with Crippen LogP contribution in [0, 0.1) is 3.70 Å². The van der Waals surface area contributed by atoms with Crippen LogP contribution in [-0.4, -0.2) is 31.8 Å². The molecule has 0 saturated heterocycles. The van der Waals surface area contributed by atoms with E-state index in [2.05, 4.69) is 4.98 Å². The summed E-state index contributed by atoms with van der Waals surface area (Å²) in [5.74, 6) is -1.09. The number of aromatic carboxylic acids is 1. The highest BCUT2D eigenvalue weighted by Crippen LogP contribution is 2.20. The van der Waals surface area contributed by atoms with Crippen LogP contribution >= 0.6 is 22.6 Å². The molecule has 0 atom stereocenters. The van der Waals surface area contributed by atoms with Crippen LogP contribution in [0.4, 0.5) is 4.79 Å². The van der Waals surface area contributed by atoms with Crippen LogP contribution in [0.15, 0.2) is 18.3 Å². The molecule has 2 N–H and O–H groups in total. The molecule has 0 saturated carbocycles. The van der Waals surface area contributed by atoms with Crippen LogP contribution in [0.25, 0.3) is 11.0 Å². The van der Waals surface area contributed by atoms with Crippen molar-refractivity contribution in [1.82, 2.24) is 9.55 Å². The fraction of sp³-hybridized carbons (Fsp3) is 0. The number of halogens is 1. The first-order valence-corrected chi connectivity index (χ1v) is 5.22. The third kappa shape index (κ3) is 1.62. The number of carboxylic acid groups (broad SMARTS) is 2. The summed E-state index contributed by atoms with van der Waals surface area (Å²) in [6.45, 7) is 0. The lowest BCUT2D eigenvalue weighted by Crippen LogP contribution is -2.10. The molecule has 0 aliphatic heterocycles. The van der Waals surface area contributed by atoms with Gasteiger partial charge in [-0.3, -0.25) is 0 Å². The molecule has 0 amide bonds. The number of nitrogens with zero attached hydrogens (tertiary/aromatic N) is 2. The monoisotopic (exact) mass is 332 g/mol. The summed E-state index contributed by atoms with van der Waals surface area (Å²) in [6.07, 6.45) is -0.00447. The first-order chi connectivity index (χ1) is 7.50. The molecule has 0 unspecified atom stereocenters. The van der Waals surface area contributed by atoms with Crippen molar-refractivity contribution in [3.05, 3.63) is 27.6 Å². The van der Waals surface area contributed by atoms with Gasteiger partial charge < -0.3 is 10.2 Å². The molecule has 82 valence electrons. The molecule has 0 spiro atoms. The molecule has 2 rings (SSSR count). The molecule has 6 nitrogen and oxygen atoms in total. The Morgan fingerprint density at radius 3 is 2.56 bits per heavy atom. The number of fused-ring (bicyclic) bond motifs is 1. The summed E-state index contributed by atoms with van der Waals surface area (Å²) in [5.41, 5.74) is 0.272. The van der Waals surface area contributed by atoms with Gasteiger partial charge in [0.1, 0.15) is 5.65 Å². The summed E-state index contributed by atoms with van der Waals surface area (Å²) in [5, 5.41) is 18.2. The number of pyridine rings is 1. The zero-order chi connectivity index (χ0) is 11.9. The Morgan fingerprint density at radius 2 is 2.00 bits per heavy atom. The fourth-order valence-corrected chi connectivity index (χ4v) is 2.13. The zero-order valence-electron chi connectivity index (χ0n) is 7.72. The average molecular weight is 332 g/mol. The van der Waals surface area contributed by atoms with Gasteiger partial charge in [-0.25, -0.2) is 19.1 Å². The van der Waals surface area contributed by atoms with Crippen molar-refractivity contribution >= 4 is 45.7 Å². The lowest BCUT2D eigenvalue weighted by atomic mass is 10.2. The van der Waals surface area contributed by atoms with Crippen LogP contribution < -0.4 is 0 Å². The van der Waals surface area contributed by atoms with Crippen LogP contribution in [-0.2, 0) is 0 Å². The molecule has 0 aromatic carbocycles. The SMILES string of the molecule is O=C(O)c1cnc2c(c1)cc(I)n2C(=O)O. The number of rotatable bonds is 1. The van der Waals surface area contributed by atoms with Gasteiger partial charge in [0, 0.05) is 11.6 Å². The minimum absolute atomic E-state index is 0.0337. The number of hydrogen-bond donors (Lipinski definition) is 2. The summed E-state index contributed by atoms with van der Waals surface area (Å²) in [7, 11) is 0. The van der Waals surface area contributed by atoms with Gasteiger partial charge in [0.2, 0.25) is 0 Å². The van der Waals surface area contributed by atoms with Crippen LogP contribution in [0.5, 0.6) is 0 Å². The van der Waals surface area contributed by atoms with E-state index in [0.29, 0.717) is 9.09 Å². The van der Waals surface area contributed by atoms with E-state index in [0.717, 1.165) is 10.8 Å². The van der Waals surface area contributed by atoms with E-state index in [4.69, 9.17) is 10.2 Å². The number of carboxylic acids is 1. The van der Waals surface area contributed by atoms with Gasteiger partial charge in [-0.05, 0) is 34.7 Å². The molecule has 0 aliphatic rings. The Balaban J connectivity index is 2.75. The minimum Gasteiger partial charge on any atom is -0.478 e. The maximum Gasteiger partial charge on any atom is 0.418 e. The normalized spacial score (nSPS) is 10.6. The Hall–Kier alpha value is -1.64. The van der Waals surface area contributed by atoms with Crippen molar-refractivity contribution in [3.8, 4) is 0 Å². The van der Waals surface area contributed by atoms with Gasteiger partial charge in [-0.15, -0.1) is 0 Å². The summed E-state index contributed by atoms with van der Waals surface area (Å²) < 4.78 is 1.47. The van der Waals surface area contributed by atoms with E-state index in [1.807, 2.05) is 22.6 Å². The third-order valence-electron chi connectivity index (χ3n) is 2.03. The second-order valence-electron chi connectivity index (χ2n) is 3.03. The molecule has 2 heterocycles. The molecule has 0 bridgehead atoms. The Bertz CT molecular complexity index is 605. The quantitative estimate of drug-likeness (QED) is 0.778. The average Bonchev–Trinajstić information content (AvgIpc) is 2.51. The lowest BCUT2D eigenvalue weighted by Gasteiger charge is -1.98. The van der Waals surface area contributed by atoms with Crippen molar-refractivity contribution in [2.75, 3.05) is 0 Å². The van der Waals surface area contributed by atoms with Gasteiger partial charge in [0.25, 0.3) is 0 Å². The molecular weight excluding hydrogens is 327 g/mol. The Labute approximate surface area is 103 Å². The van der Waals surface area contributed by atoms with Crippen molar-refractivity contribution in [2.24, 2.45) is 0 Å². The first-order valence-electron chi connectivity index (χ1n) is 4.14. The van der Waals surface area contributed by atoms with Gasteiger partial charge in [-0.1, -0.05) is 0 Å². The second-order valence-corrected chi connectivity index (χ2v) is 4.13. The molecule has 16 heavy (non-hydrogen) atoms. The smallest absolute Gasteiger partial charge is 0.418 e. The molecule has 7 heteroatoms. The molecule has 2 aromatic heterocycles. The number of hydrogen-bond acceptors (Lipinski definition) is 3. The van der Waals surface area contributed by atoms with Crippen LogP contribution in [0.3, 0.4) is 0 Å². The maximum absolute atomic E-state index is 10.9. The van der Waals surface area contributed by atoms with E-state index < -0.39 is 12.1 Å². The van der Waals surface area contributed by atoms with Crippen molar-refractivity contribution in [2.45, 2.75) is 0 Å². The summed E-state index contributed by atoms with van der Waals surface area (Å²) >= 11 is 1.85. The molecule has 0 radical (unpaired) electrons. The second kappa shape index (κ2) is 3.74. The van der Waals surface area contributed by atoms with Gasteiger partial charge in [-0.2, -0.15) is 0 Å². The number of aromatic nitrogens is 2. The van der Waals surface area contributed by atoms with Crippen molar-refractivity contribution < 1.29 is 19.8 Å². The van der Waals surface area contributed by atoms with E-state index >= 15 is 0 Å². The Kier molecular flexibility index (Phi) is 2.54. The molecule has 2 aromatic rings. The van der Waals surface area contributed by atoms with Crippen molar-refractivity contribution in [3.63, 3.8) is 0 Å². The lowest BCUT2D eigenvalue weighted by molar-refractivity contribution is 0.0696. The first kappa shape index (κ1) is 10.9. The topological polar surface area (TPSA) is 92.4 Å². The summed E-state index contributed by atoms with van der Waals surface area (Å²) in [6, 6.07) is 2.97. The minimum atomic E-state index is -1.14. The van der Waals surface area contributed by atoms with Gasteiger partial charge in [0.05, 0.1) is 9.26 Å². The third-order valence-corrected chi connectivity index (χ3v) is 2.83. The van der Waals surface area contributed by atoms with E-state index in [1.54, 1.807) is 6.07 Å². The number of carbonyl (C=O) groups is 2. The van der Waals surface area contributed by atoms with Crippen LogP contribution in [0.2, 0.25) is 0 Å². The van der Waals surface area contributed by atoms with Crippen molar-refractivity contribution in [1.29, 1.82) is 0 Å². The predicted octanol–water partition coefficient (Wildman–Crippen LogP) is 1.87. The van der Waals surface area contributed by atoms with Gasteiger partial charge >= 0.3 is 12.1 Å². The Morgan fingerprint density at radius 1 is 1.31 bits per heavy atom.